The number of carbonyl (C=O) groups is 1. The van der Waals surface area contributed by atoms with Gasteiger partial charge >= 0.3 is 6.03 Å². The number of likely N-dealkylation sites (N-methyl/N-ethyl adjacent to an activating group) is 1. The molecule has 0 aromatic heterocycles. The standard InChI is InChI=1S/C21H24ClN5O/c1-25-11-13-26(14-12-25)24-21(28)27-15-19(16-5-3-2-4-6-16)20(23-27)17-7-9-18(22)10-8-17/h2-10,19H,11-15H2,1H3,(H,24,28). The van der Waals surface area contributed by atoms with E-state index < -0.39 is 0 Å². The first-order chi connectivity index (χ1) is 13.6. The van der Waals surface area contributed by atoms with Gasteiger partial charge in [-0.05, 0) is 30.3 Å². The lowest BCUT2D eigenvalue weighted by Gasteiger charge is -2.33. The quantitative estimate of drug-likeness (QED) is 0.866. The van der Waals surface area contributed by atoms with Gasteiger partial charge in [0.1, 0.15) is 0 Å². The van der Waals surface area contributed by atoms with Crippen LogP contribution in [0.25, 0.3) is 0 Å². The van der Waals surface area contributed by atoms with E-state index in [1.54, 1.807) is 5.01 Å². The molecule has 0 aliphatic carbocycles. The van der Waals surface area contributed by atoms with Crippen molar-refractivity contribution in [3.8, 4) is 0 Å². The van der Waals surface area contributed by atoms with E-state index in [1.807, 2.05) is 47.5 Å². The zero-order chi connectivity index (χ0) is 19.5. The molecular weight excluding hydrogens is 374 g/mol. The van der Waals surface area contributed by atoms with Crippen LogP contribution in [-0.4, -0.2) is 66.4 Å². The molecule has 0 bridgehead atoms. The number of benzene rings is 2. The van der Waals surface area contributed by atoms with Gasteiger partial charge < -0.3 is 4.90 Å². The fraction of sp³-hybridized carbons (Fsp3) is 0.333. The first-order valence-electron chi connectivity index (χ1n) is 9.51. The Hall–Kier alpha value is -2.41. The predicted octanol–water partition coefficient (Wildman–Crippen LogP) is 3.02. The maximum absolute atomic E-state index is 12.8. The normalized spacial score (nSPS) is 20.9. The third-order valence-electron chi connectivity index (χ3n) is 5.25. The van der Waals surface area contributed by atoms with Crippen LogP contribution >= 0.6 is 11.6 Å². The summed E-state index contributed by atoms with van der Waals surface area (Å²) >= 11 is 6.05. The molecule has 4 rings (SSSR count). The number of carbonyl (C=O) groups excluding carboxylic acids is 1. The lowest BCUT2D eigenvalue weighted by molar-refractivity contribution is 0.101. The highest BCUT2D eigenvalue weighted by Crippen LogP contribution is 2.29. The van der Waals surface area contributed by atoms with Gasteiger partial charge in [0.25, 0.3) is 0 Å². The van der Waals surface area contributed by atoms with Crippen LogP contribution in [0.3, 0.4) is 0 Å². The van der Waals surface area contributed by atoms with Crippen molar-refractivity contribution < 1.29 is 4.79 Å². The molecule has 1 atom stereocenters. The Kier molecular flexibility index (Phi) is 5.62. The number of hydrazine groups is 1. The second-order valence-electron chi connectivity index (χ2n) is 7.24. The van der Waals surface area contributed by atoms with Crippen LogP contribution in [0.1, 0.15) is 17.0 Å². The van der Waals surface area contributed by atoms with Crippen LogP contribution in [0.5, 0.6) is 0 Å². The van der Waals surface area contributed by atoms with Crippen LogP contribution < -0.4 is 5.43 Å². The average Bonchev–Trinajstić information content (AvgIpc) is 3.16. The van der Waals surface area contributed by atoms with Crippen molar-refractivity contribution in [1.29, 1.82) is 0 Å². The van der Waals surface area contributed by atoms with E-state index in [2.05, 4.69) is 34.6 Å². The van der Waals surface area contributed by atoms with E-state index in [4.69, 9.17) is 11.6 Å². The summed E-state index contributed by atoms with van der Waals surface area (Å²) in [5.74, 6) is 0.0283. The van der Waals surface area contributed by atoms with Crippen LogP contribution in [0.4, 0.5) is 4.79 Å². The predicted molar refractivity (Wildman–Crippen MR) is 111 cm³/mol. The third kappa shape index (κ3) is 4.19. The van der Waals surface area contributed by atoms with Gasteiger partial charge in [0.2, 0.25) is 0 Å². The van der Waals surface area contributed by atoms with Crippen LogP contribution in [0, 0.1) is 0 Å². The number of urea groups is 1. The van der Waals surface area contributed by atoms with Gasteiger partial charge in [-0.1, -0.05) is 54.1 Å². The molecule has 1 fully saturated rings. The molecule has 0 radical (unpaired) electrons. The number of piperazine rings is 1. The molecule has 1 saturated heterocycles. The largest absolute Gasteiger partial charge is 0.352 e. The van der Waals surface area contributed by atoms with Gasteiger partial charge in [0.15, 0.2) is 0 Å². The van der Waals surface area contributed by atoms with Gasteiger partial charge in [-0.3, -0.25) is 5.43 Å². The number of amides is 2. The van der Waals surface area contributed by atoms with Crippen molar-refractivity contribution in [2.75, 3.05) is 39.8 Å². The molecule has 1 N–H and O–H groups in total. The van der Waals surface area contributed by atoms with Gasteiger partial charge in [-0.2, -0.15) is 5.10 Å². The van der Waals surface area contributed by atoms with E-state index in [-0.39, 0.29) is 11.9 Å². The first kappa shape index (κ1) is 18.9. The highest BCUT2D eigenvalue weighted by Gasteiger charge is 2.33. The molecule has 2 heterocycles. The summed E-state index contributed by atoms with van der Waals surface area (Å²) in [7, 11) is 2.09. The Labute approximate surface area is 170 Å². The van der Waals surface area contributed by atoms with E-state index in [1.165, 1.54) is 0 Å². The van der Waals surface area contributed by atoms with Crippen molar-refractivity contribution in [1.82, 2.24) is 20.3 Å². The van der Waals surface area contributed by atoms with Crippen molar-refractivity contribution in [2.45, 2.75) is 5.92 Å². The lowest BCUT2D eigenvalue weighted by atomic mass is 9.91. The van der Waals surface area contributed by atoms with Crippen LogP contribution in [0.2, 0.25) is 5.02 Å². The van der Waals surface area contributed by atoms with Crippen molar-refractivity contribution in [2.24, 2.45) is 5.10 Å². The summed E-state index contributed by atoms with van der Waals surface area (Å²) in [6.45, 7) is 4.01. The summed E-state index contributed by atoms with van der Waals surface area (Å²) in [5.41, 5.74) is 6.01. The average molecular weight is 398 g/mol. The smallest absolute Gasteiger partial charge is 0.304 e. The Bertz CT molecular complexity index is 847. The summed E-state index contributed by atoms with van der Waals surface area (Å²) in [6, 6.07) is 17.6. The summed E-state index contributed by atoms with van der Waals surface area (Å²) in [4.78, 5) is 15.1. The molecule has 2 aliphatic rings. The molecule has 2 aromatic carbocycles. The highest BCUT2D eigenvalue weighted by atomic mass is 35.5. The highest BCUT2D eigenvalue weighted by molar-refractivity contribution is 6.30. The van der Waals surface area contributed by atoms with Gasteiger partial charge in [0.05, 0.1) is 12.3 Å². The number of hydrazone groups is 1. The summed E-state index contributed by atoms with van der Waals surface area (Å²) < 4.78 is 0. The molecule has 0 spiro atoms. The van der Waals surface area contributed by atoms with E-state index >= 15 is 0 Å². The third-order valence-corrected chi connectivity index (χ3v) is 5.50. The molecule has 1 unspecified atom stereocenters. The second kappa shape index (κ2) is 8.31. The number of rotatable bonds is 3. The summed E-state index contributed by atoms with van der Waals surface area (Å²) in [6.07, 6.45) is 0. The molecule has 2 aliphatic heterocycles. The maximum Gasteiger partial charge on any atom is 0.352 e. The molecule has 2 aromatic rings. The molecular formula is C21H24ClN5O. The van der Waals surface area contributed by atoms with Gasteiger partial charge in [0, 0.05) is 37.1 Å². The molecule has 7 heteroatoms. The minimum Gasteiger partial charge on any atom is -0.304 e. The Morgan fingerprint density at radius 1 is 1.04 bits per heavy atom. The zero-order valence-electron chi connectivity index (χ0n) is 15.9. The zero-order valence-corrected chi connectivity index (χ0v) is 16.6. The van der Waals surface area contributed by atoms with E-state index in [9.17, 15) is 4.79 Å². The maximum atomic E-state index is 12.8. The Balaban J connectivity index is 1.55. The monoisotopic (exact) mass is 397 g/mol. The molecule has 146 valence electrons. The van der Waals surface area contributed by atoms with Crippen LogP contribution in [0.15, 0.2) is 59.7 Å². The van der Waals surface area contributed by atoms with Gasteiger partial charge in [-0.25, -0.2) is 14.8 Å². The molecule has 28 heavy (non-hydrogen) atoms. The van der Waals surface area contributed by atoms with Crippen molar-refractivity contribution in [3.05, 3.63) is 70.7 Å². The fourth-order valence-corrected chi connectivity index (χ4v) is 3.69. The van der Waals surface area contributed by atoms with Gasteiger partial charge in [-0.15, -0.1) is 0 Å². The Morgan fingerprint density at radius 2 is 1.71 bits per heavy atom. The number of hydrogen-bond acceptors (Lipinski definition) is 4. The van der Waals surface area contributed by atoms with Crippen LogP contribution in [-0.2, 0) is 0 Å². The SMILES string of the molecule is CN1CCN(NC(=O)N2CC(c3ccccc3)C(c3ccc(Cl)cc3)=N2)CC1. The first-order valence-corrected chi connectivity index (χ1v) is 9.89. The fourth-order valence-electron chi connectivity index (χ4n) is 3.57. The summed E-state index contributed by atoms with van der Waals surface area (Å²) in [5, 5.41) is 8.88. The second-order valence-corrected chi connectivity index (χ2v) is 7.68. The van der Waals surface area contributed by atoms with E-state index in [0.29, 0.717) is 11.6 Å². The molecule has 6 nitrogen and oxygen atoms in total. The topological polar surface area (TPSA) is 51.2 Å². The lowest BCUT2D eigenvalue weighted by Crippen LogP contribution is -2.54. The minimum absolute atomic E-state index is 0.0283. The minimum atomic E-state index is -0.186. The number of halogens is 1. The van der Waals surface area contributed by atoms with Crippen molar-refractivity contribution in [3.63, 3.8) is 0 Å². The van der Waals surface area contributed by atoms with Crippen molar-refractivity contribution >= 4 is 23.3 Å². The molecule has 2 amide bonds. The number of nitrogens with one attached hydrogen (secondary N) is 1. The number of nitrogens with zero attached hydrogens (tertiary/aromatic N) is 4. The van der Waals surface area contributed by atoms with E-state index in [0.717, 1.165) is 43.0 Å². The number of hydrogen-bond donors (Lipinski definition) is 1. The molecule has 0 saturated carbocycles. The Morgan fingerprint density at radius 3 is 2.39 bits per heavy atom.